The third-order valence-corrected chi connectivity index (χ3v) is 8.84. The van der Waals surface area contributed by atoms with Crippen LogP contribution in [0.15, 0.2) is 63.8 Å². The van der Waals surface area contributed by atoms with Crippen molar-refractivity contribution in [3.63, 3.8) is 0 Å². The van der Waals surface area contributed by atoms with Crippen LogP contribution in [0.5, 0.6) is 28.7 Å². The number of hydrogen-bond donors (Lipinski definition) is 11. The molecule has 6 rings (SSSR count). The average Bonchev–Trinajstić information content (AvgIpc) is 3.11. The molecule has 3 aromatic carbocycles. The second-order valence-corrected chi connectivity index (χ2v) is 12.2. The molecule has 2 aliphatic heterocycles. The van der Waals surface area contributed by atoms with Gasteiger partial charge in [-0.2, -0.15) is 0 Å². The second-order valence-electron chi connectivity index (χ2n) is 12.2. The number of phenolic OH excluding ortho intramolecular Hbond substituents is 4. The van der Waals surface area contributed by atoms with Crippen LogP contribution in [0.1, 0.15) is 22.0 Å². The summed E-state index contributed by atoms with van der Waals surface area (Å²) in [6.45, 7) is -1.55. The van der Waals surface area contributed by atoms with Gasteiger partial charge in [0.25, 0.3) is 0 Å². The Kier molecular flexibility index (Phi) is 10.3. The van der Waals surface area contributed by atoms with Crippen LogP contribution in [0.4, 0.5) is 0 Å². The van der Waals surface area contributed by atoms with Crippen LogP contribution in [-0.2, 0) is 14.2 Å². The van der Waals surface area contributed by atoms with Crippen molar-refractivity contribution >= 4 is 16.9 Å². The molecule has 4 aromatic rings. The maximum Gasteiger partial charge on any atom is 0.338 e. The third kappa shape index (κ3) is 6.70. The minimum Gasteiger partial charge on any atom is -0.508 e. The molecule has 4 unspecified atom stereocenters. The SMILES string of the molecule is O=C(OC1[C@@H](O)[C@H](O)C(CO)O[C@H]1c1c(O)cc2oc(-c3ccc(O[C@@H]4OC(CO)[C@@H](O)[C@H](O)C4O)c(O)c3)cc(=O)c2c1O)c1ccc(O)cc1. The molecule has 0 aliphatic carbocycles. The van der Waals surface area contributed by atoms with Gasteiger partial charge in [-0.1, -0.05) is 0 Å². The Morgan fingerprint density at radius 2 is 1.38 bits per heavy atom. The number of aliphatic hydroxyl groups excluding tert-OH is 7. The number of fused-ring (bicyclic) bond motifs is 1. The van der Waals surface area contributed by atoms with E-state index < -0.39 is 114 Å². The summed E-state index contributed by atoms with van der Waals surface area (Å²) in [6.07, 6.45) is -16.8. The molecular formula is C34H34O18. The normalized spacial score (nSPS) is 29.1. The lowest BCUT2D eigenvalue weighted by atomic mass is 9.89. The van der Waals surface area contributed by atoms with E-state index in [1.165, 1.54) is 36.4 Å². The van der Waals surface area contributed by atoms with Gasteiger partial charge < -0.3 is 79.5 Å². The maximum atomic E-state index is 13.4. The van der Waals surface area contributed by atoms with Gasteiger partial charge in [0, 0.05) is 17.7 Å². The number of aliphatic hydroxyl groups is 7. The average molecular weight is 731 g/mol. The predicted octanol–water partition coefficient (Wildman–Crippen LogP) is -1.16. The molecule has 18 nitrogen and oxygen atoms in total. The zero-order chi connectivity index (χ0) is 37.6. The molecule has 278 valence electrons. The first-order valence-electron chi connectivity index (χ1n) is 15.7. The monoisotopic (exact) mass is 730 g/mol. The van der Waals surface area contributed by atoms with Gasteiger partial charge in [0.15, 0.2) is 23.0 Å². The van der Waals surface area contributed by atoms with E-state index in [0.717, 1.165) is 18.2 Å². The lowest BCUT2D eigenvalue weighted by molar-refractivity contribution is -0.277. The molecule has 2 saturated heterocycles. The van der Waals surface area contributed by atoms with Crippen LogP contribution in [0.3, 0.4) is 0 Å². The Morgan fingerprint density at radius 1 is 0.731 bits per heavy atom. The predicted molar refractivity (Wildman–Crippen MR) is 171 cm³/mol. The highest BCUT2D eigenvalue weighted by molar-refractivity contribution is 5.90. The van der Waals surface area contributed by atoms with E-state index in [1.54, 1.807) is 0 Å². The molecule has 18 heteroatoms. The highest BCUT2D eigenvalue weighted by Gasteiger charge is 2.49. The standard InChI is InChI=1S/C34H34O18/c35-10-21-26(42)29(45)32(52-33(47)12-1-4-14(37)5-2-12)31(49-21)24-17(40)9-20-23(27(24)43)16(39)8-19(48-20)13-3-6-18(15(38)7-13)50-34-30(46)28(44)25(41)22(11-36)51-34/h1-9,21-22,25-26,28-32,34-38,40-46H,10-11H2/t21?,22?,25-,26-,28+,29+,30?,31+,32?,34-/m1/s1. The van der Waals surface area contributed by atoms with E-state index >= 15 is 0 Å². The largest absolute Gasteiger partial charge is 0.508 e. The van der Waals surface area contributed by atoms with E-state index in [1.807, 2.05) is 0 Å². The number of aromatic hydroxyl groups is 4. The minimum atomic E-state index is -1.93. The Balaban J connectivity index is 1.32. The summed E-state index contributed by atoms with van der Waals surface area (Å²) in [5.41, 5.74) is -1.78. The van der Waals surface area contributed by atoms with Crippen molar-refractivity contribution in [3.05, 3.63) is 75.9 Å². The molecule has 0 saturated carbocycles. The molecule has 10 atom stereocenters. The molecule has 2 aliphatic rings. The fraction of sp³-hybridized carbons (Fsp3) is 0.353. The van der Waals surface area contributed by atoms with Crippen LogP contribution >= 0.6 is 0 Å². The molecule has 0 spiro atoms. The molecule has 2 fully saturated rings. The Bertz CT molecular complexity index is 1990. The third-order valence-electron chi connectivity index (χ3n) is 8.84. The van der Waals surface area contributed by atoms with Crippen molar-refractivity contribution in [1.82, 2.24) is 0 Å². The van der Waals surface area contributed by atoms with Crippen molar-refractivity contribution < 1.29 is 84.3 Å². The van der Waals surface area contributed by atoms with Crippen molar-refractivity contribution in [1.29, 1.82) is 0 Å². The van der Waals surface area contributed by atoms with Crippen molar-refractivity contribution in [2.75, 3.05) is 13.2 Å². The molecule has 0 amide bonds. The highest BCUT2D eigenvalue weighted by atomic mass is 16.7. The van der Waals surface area contributed by atoms with Gasteiger partial charge in [-0.3, -0.25) is 4.79 Å². The van der Waals surface area contributed by atoms with E-state index in [9.17, 15) is 65.8 Å². The van der Waals surface area contributed by atoms with Crippen molar-refractivity contribution in [2.45, 2.75) is 61.2 Å². The first-order chi connectivity index (χ1) is 24.7. The number of rotatable bonds is 8. The van der Waals surface area contributed by atoms with Gasteiger partial charge in [0.05, 0.1) is 24.3 Å². The number of carbonyl (C=O) groups excluding carboxylic acids is 1. The quantitative estimate of drug-likeness (QED) is 0.0953. The number of carbonyl (C=O) groups is 1. The topological polar surface area (TPSA) is 307 Å². The molecular weight excluding hydrogens is 696 g/mol. The summed E-state index contributed by atoms with van der Waals surface area (Å²) in [7, 11) is 0. The summed E-state index contributed by atoms with van der Waals surface area (Å²) in [5.74, 6) is -3.88. The molecule has 0 radical (unpaired) electrons. The number of ether oxygens (including phenoxy) is 4. The van der Waals surface area contributed by atoms with Crippen LogP contribution in [-0.4, -0.2) is 130 Å². The lowest BCUT2D eigenvalue weighted by Gasteiger charge is -2.42. The smallest absolute Gasteiger partial charge is 0.338 e. The number of hydrogen-bond acceptors (Lipinski definition) is 18. The van der Waals surface area contributed by atoms with Gasteiger partial charge in [0.1, 0.15) is 82.8 Å². The molecule has 3 heterocycles. The van der Waals surface area contributed by atoms with E-state index in [0.29, 0.717) is 0 Å². The van der Waals surface area contributed by atoms with Gasteiger partial charge in [-0.05, 0) is 42.5 Å². The van der Waals surface area contributed by atoms with Crippen LogP contribution in [0, 0.1) is 0 Å². The zero-order valence-electron chi connectivity index (χ0n) is 26.7. The Labute approximate surface area is 291 Å². The number of benzene rings is 3. The zero-order valence-corrected chi connectivity index (χ0v) is 26.7. The molecule has 52 heavy (non-hydrogen) atoms. The van der Waals surface area contributed by atoms with Crippen LogP contribution < -0.4 is 10.2 Å². The molecule has 1 aromatic heterocycles. The van der Waals surface area contributed by atoms with Crippen molar-refractivity contribution in [2.24, 2.45) is 0 Å². The Morgan fingerprint density at radius 3 is 2.04 bits per heavy atom. The van der Waals surface area contributed by atoms with E-state index in [4.69, 9.17) is 23.4 Å². The van der Waals surface area contributed by atoms with Gasteiger partial charge in [-0.15, -0.1) is 0 Å². The summed E-state index contributed by atoms with van der Waals surface area (Å²) < 4.78 is 27.7. The van der Waals surface area contributed by atoms with Gasteiger partial charge in [0.2, 0.25) is 6.29 Å². The first-order valence-corrected chi connectivity index (χ1v) is 15.7. The van der Waals surface area contributed by atoms with Gasteiger partial charge in [-0.25, -0.2) is 4.79 Å². The number of esters is 1. The van der Waals surface area contributed by atoms with Crippen LogP contribution in [0.25, 0.3) is 22.3 Å². The summed E-state index contributed by atoms with van der Waals surface area (Å²) in [4.78, 5) is 26.4. The highest BCUT2D eigenvalue weighted by Crippen LogP contribution is 2.46. The fourth-order valence-corrected chi connectivity index (χ4v) is 6.03. The maximum absolute atomic E-state index is 13.4. The first kappa shape index (κ1) is 36.8. The Hall–Kier alpha value is -5.02. The van der Waals surface area contributed by atoms with Crippen molar-refractivity contribution in [3.8, 4) is 40.1 Å². The summed E-state index contributed by atoms with van der Waals surface area (Å²) >= 11 is 0. The summed E-state index contributed by atoms with van der Waals surface area (Å²) in [6, 6.07) is 10.3. The van der Waals surface area contributed by atoms with E-state index in [2.05, 4.69) is 0 Å². The number of phenols is 4. The van der Waals surface area contributed by atoms with Crippen LogP contribution in [0.2, 0.25) is 0 Å². The lowest BCUT2D eigenvalue weighted by Crippen LogP contribution is -2.60. The fourth-order valence-electron chi connectivity index (χ4n) is 6.03. The van der Waals surface area contributed by atoms with Gasteiger partial charge >= 0.3 is 5.97 Å². The molecule has 11 N–H and O–H groups in total. The second kappa shape index (κ2) is 14.5. The minimum absolute atomic E-state index is 0.0813. The summed E-state index contributed by atoms with van der Waals surface area (Å²) in [5, 5.41) is 113. The molecule has 0 bridgehead atoms. The van der Waals surface area contributed by atoms with E-state index in [-0.39, 0.29) is 34.0 Å².